The minimum atomic E-state index is 0.148. The van der Waals surface area contributed by atoms with Crippen LogP contribution in [-0.2, 0) is 4.79 Å². The lowest BCUT2D eigenvalue weighted by molar-refractivity contribution is -0.122. The van der Waals surface area contributed by atoms with Gasteiger partial charge in [0.15, 0.2) is 0 Å². The molecule has 0 aliphatic carbocycles. The largest absolute Gasteiger partial charge is 0.369 e. The molecule has 0 bridgehead atoms. The number of rotatable bonds is 5. The van der Waals surface area contributed by atoms with E-state index in [2.05, 4.69) is 61.0 Å². The van der Waals surface area contributed by atoms with E-state index in [4.69, 9.17) is 0 Å². The van der Waals surface area contributed by atoms with Gasteiger partial charge >= 0.3 is 0 Å². The van der Waals surface area contributed by atoms with Crippen molar-refractivity contribution < 1.29 is 4.79 Å². The van der Waals surface area contributed by atoms with Crippen LogP contribution < -0.4 is 10.2 Å². The summed E-state index contributed by atoms with van der Waals surface area (Å²) >= 11 is 0. The van der Waals surface area contributed by atoms with Crippen LogP contribution in [0.4, 0.5) is 5.69 Å². The number of amides is 1. The molecule has 1 N–H and O–H groups in total. The molecule has 4 nitrogen and oxygen atoms in total. The predicted octanol–water partition coefficient (Wildman–Crippen LogP) is 2.34. The van der Waals surface area contributed by atoms with Crippen LogP contribution in [0.15, 0.2) is 18.2 Å². The van der Waals surface area contributed by atoms with Crippen molar-refractivity contribution >= 4 is 11.6 Å². The van der Waals surface area contributed by atoms with Gasteiger partial charge in [-0.2, -0.15) is 0 Å². The van der Waals surface area contributed by atoms with Crippen LogP contribution in [0.2, 0.25) is 0 Å². The van der Waals surface area contributed by atoms with Crippen LogP contribution in [0.25, 0.3) is 0 Å². The Morgan fingerprint density at radius 3 is 2.55 bits per heavy atom. The Labute approximate surface area is 134 Å². The van der Waals surface area contributed by atoms with Gasteiger partial charge in [-0.05, 0) is 44.4 Å². The molecule has 1 amide bonds. The summed E-state index contributed by atoms with van der Waals surface area (Å²) in [6, 6.07) is 6.76. The topological polar surface area (TPSA) is 35.6 Å². The smallest absolute Gasteiger partial charge is 0.234 e. The molecule has 1 atom stereocenters. The van der Waals surface area contributed by atoms with Crippen LogP contribution in [0.1, 0.15) is 31.4 Å². The number of benzene rings is 1. The molecule has 1 unspecified atom stereocenters. The molecule has 0 aromatic heterocycles. The first-order valence-electron chi connectivity index (χ1n) is 8.34. The molecule has 0 radical (unpaired) electrons. The number of hydrogen-bond acceptors (Lipinski definition) is 3. The zero-order valence-corrected chi connectivity index (χ0v) is 14.4. The second kappa shape index (κ2) is 7.63. The number of hydrogen-bond donors (Lipinski definition) is 1. The Morgan fingerprint density at radius 2 is 1.91 bits per heavy atom. The lowest BCUT2D eigenvalue weighted by atomic mass is 10.1. The van der Waals surface area contributed by atoms with Crippen molar-refractivity contribution in [2.45, 2.75) is 40.2 Å². The fourth-order valence-corrected chi connectivity index (χ4v) is 2.85. The van der Waals surface area contributed by atoms with E-state index in [1.54, 1.807) is 0 Å². The molecule has 0 saturated carbocycles. The normalized spacial score (nSPS) is 17.4. The first kappa shape index (κ1) is 16.8. The molecule has 1 aliphatic rings. The van der Waals surface area contributed by atoms with Gasteiger partial charge in [-0.3, -0.25) is 9.69 Å². The van der Waals surface area contributed by atoms with E-state index in [0.29, 0.717) is 6.54 Å². The highest BCUT2D eigenvalue weighted by atomic mass is 16.2. The lowest BCUT2D eigenvalue weighted by Gasteiger charge is -2.36. The molecule has 1 aromatic carbocycles. The zero-order valence-electron chi connectivity index (χ0n) is 14.4. The van der Waals surface area contributed by atoms with Crippen LogP contribution in [0, 0.1) is 13.8 Å². The highest BCUT2D eigenvalue weighted by Gasteiger charge is 2.20. The van der Waals surface area contributed by atoms with Gasteiger partial charge < -0.3 is 10.2 Å². The fraction of sp³-hybridized carbons (Fsp3) is 0.611. The van der Waals surface area contributed by atoms with E-state index < -0.39 is 0 Å². The minimum Gasteiger partial charge on any atom is -0.369 e. The number of carbonyl (C=O) groups is 1. The summed E-state index contributed by atoms with van der Waals surface area (Å²) in [6.07, 6.45) is 0.978. The summed E-state index contributed by atoms with van der Waals surface area (Å²) in [7, 11) is 0. The number of piperazine rings is 1. The molecule has 1 aromatic rings. The first-order valence-corrected chi connectivity index (χ1v) is 8.34. The summed E-state index contributed by atoms with van der Waals surface area (Å²) < 4.78 is 0. The van der Waals surface area contributed by atoms with E-state index in [0.717, 1.165) is 32.6 Å². The van der Waals surface area contributed by atoms with Gasteiger partial charge in [0.1, 0.15) is 0 Å². The highest BCUT2D eigenvalue weighted by Crippen LogP contribution is 2.23. The second-order valence-electron chi connectivity index (χ2n) is 6.36. The summed E-state index contributed by atoms with van der Waals surface area (Å²) in [6.45, 7) is 12.9. The number of nitrogens with zero attached hydrogens (tertiary/aromatic N) is 2. The Kier molecular flexibility index (Phi) is 5.83. The minimum absolute atomic E-state index is 0.148. The molecular formula is C18H29N3O. The third-order valence-corrected chi connectivity index (χ3v) is 4.68. The first-order chi connectivity index (χ1) is 10.5. The van der Waals surface area contributed by atoms with Crippen LogP contribution in [0.3, 0.4) is 0 Å². The number of nitrogens with one attached hydrogen (secondary N) is 1. The molecule has 1 aliphatic heterocycles. The Morgan fingerprint density at radius 1 is 1.23 bits per heavy atom. The summed E-state index contributed by atoms with van der Waals surface area (Å²) in [4.78, 5) is 16.6. The van der Waals surface area contributed by atoms with Gasteiger partial charge in [0.2, 0.25) is 5.91 Å². The summed E-state index contributed by atoms with van der Waals surface area (Å²) in [5, 5.41) is 3.04. The molecule has 4 heteroatoms. The van der Waals surface area contributed by atoms with Crippen LogP contribution >= 0.6 is 0 Å². The van der Waals surface area contributed by atoms with E-state index in [9.17, 15) is 4.79 Å². The van der Waals surface area contributed by atoms with Crippen molar-refractivity contribution in [2.75, 3.05) is 37.6 Å². The zero-order chi connectivity index (χ0) is 16.1. The van der Waals surface area contributed by atoms with Crippen molar-refractivity contribution in [1.82, 2.24) is 10.2 Å². The van der Waals surface area contributed by atoms with Gasteiger partial charge in [0, 0.05) is 37.9 Å². The molecule has 1 saturated heterocycles. The third-order valence-electron chi connectivity index (χ3n) is 4.68. The van der Waals surface area contributed by atoms with Gasteiger partial charge in [-0.1, -0.05) is 19.1 Å². The average Bonchev–Trinajstić information content (AvgIpc) is 2.50. The number of anilines is 1. The molecule has 122 valence electrons. The Bertz CT molecular complexity index is 507. The van der Waals surface area contributed by atoms with Gasteiger partial charge in [0.05, 0.1) is 6.54 Å². The quantitative estimate of drug-likeness (QED) is 0.907. The monoisotopic (exact) mass is 303 g/mol. The van der Waals surface area contributed by atoms with Crippen molar-refractivity contribution in [3.8, 4) is 0 Å². The van der Waals surface area contributed by atoms with Gasteiger partial charge in [-0.25, -0.2) is 0 Å². The van der Waals surface area contributed by atoms with Crippen molar-refractivity contribution in [3.05, 3.63) is 29.3 Å². The lowest BCUT2D eigenvalue weighted by Crippen LogP contribution is -2.50. The van der Waals surface area contributed by atoms with Crippen molar-refractivity contribution in [3.63, 3.8) is 0 Å². The summed E-state index contributed by atoms with van der Waals surface area (Å²) in [5.74, 6) is 0.148. The maximum Gasteiger partial charge on any atom is 0.234 e. The second-order valence-corrected chi connectivity index (χ2v) is 6.36. The average molecular weight is 303 g/mol. The molecule has 1 heterocycles. The van der Waals surface area contributed by atoms with Crippen molar-refractivity contribution in [2.24, 2.45) is 0 Å². The predicted molar refractivity (Wildman–Crippen MR) is 92.5 cm³/mol. The molecule has 2 rings (SSSR count). The maximum absolute atomic E-state index is 12.0. The van der Waals surface area contributed by atoms with Gasteiger partial charge in [-0.15, -0.1) is 0 Å². The van der Waals surface area contributed by atoms with Gasteiger partial charge in [0.25, 0.3) is 0 Å². The van der Waals surface area contributed by atoms with Crippen LogP contribution in [-0.4, -0.2) is 49.6 Å². The molecule has 22 heavy (non-hydrogen) atoms. The molecule has 1 fully saturated rings. The standard InChI is InChI=1S/C18H29N3O/c1-5-15(3)19-18(22)13-20-9-11-21(12-10-20)17-8-6-7-14(2)16(17)4/h6-8,15H,5,9-13H2,1-4H3,(H,19,22). The summed E-state index contributed by atoms with van der Waals surface area (Å²) in [5.41, 5.74) is 4.04. The Balaban J connectivity index is 1.85. The molecule has 0 spiro atoms. The highest BCUT2D eigenvalue weighted by molar-refractivity contribution is 5.78. The fourth-order valence-electron chi connectivity index (χ4n) is 2.85. The SMILES string of the molecule is CCC(C)NC(=O)CN1CCN(c2cccc(C)c2C)CC1. The van der Waals surface area contributed by atoms with Crippen LogP contribution in [0.5, 0.6) is 0 Å². The van der Waals surface area contributed by atoms with E-state index in [-0.39, 0.29) is 11.9 Å². The van der Waals surface area contributed by atoms with E-state index >= 15 is 0 Å². The van der Waals surface area contributed by atoms with E-state index in [1.165, 1.54) is 16.8 Å². The number of aryl methyl sites for hydroxylation is 1. The third kappa shape index (κ3) is 4.23. The molecular weight excluding hydrogens is 274 g/mol. The number of carbonyl (C=O) groups excluding carboxylic acids is 1. The van der Waals surface area contributed by atoms with E-state index in [1.807, 2.05) is 0 Å². The van der Waals surface area contributed by atoms with Crippen molar-refractivity contribution in [1.29, 1.82) is 0 Å². The maximum atomic E-state index is 12.0. The Hall–Kier alpha value is -1.55.